The number of nitrogens with zero attached hydrogens (tertiary/aromatic N) is 1. The van der Waals surface area contributed by atoms with Gasteiger partial charge in [-0.15, -0.1) is 0 Å². The van der Waals surface area contributed by atoms with Crippen molar-refractivity contribution in [1.29, 1.82) is 0 Å². The highest BCUT2D eigenvalue weighted by Gasteiger charge is 2.05. The summed E-state index contributed by atoms with van der Waals surface area (Å²) < 4.78 is 18.7. The van der Waals surface area contributed by atoms with Crippen molar-refractivity contribution in [3.63, 3.8) is 0 Å². The summed E-state index contributed by atoms with van der Waals surface area (Å²) in [7, 11) is 0. The van der Waals surface area contributed by atoms with Gasteiger partial charge in [0, 0.05) is 5.02 Å². The number of rotatable bonds is 5. The lowest BCUT2D eigenvalue weighted by atomic mass is 10.2. The van der Waals surface area contributed by atoms with Crippen LogP contribution in [0, 0.1) is 5.82 Å². The molecule has 2 aromatic carbocycles. The molecule has 22 heavy (non-hydrogen) atoms. The molecule has 0 saturated carbocycles. The quantitative estimate of drug-likeness (QED) is 0.629. The van der Waals surface area contributed by atoms with Crippen molar-refractivity contribution >= 4 is 39.7 Å². The van der Waals surface area contributed by atoms with Gasteiger partial charge in [0.05, 0.1) is 10.7 Å². The van der Waals surface area contributed by atoms with Crippen LogP contribution in [0.4, 0.5) is 4.39 Å². The van der Waals surface area contributed by atoms with E-state index < -0.39 is 5.91 Å². The van der Waals surface area contributed by atoms with Crippen molar-refractivity contribution in [2.45, 2.75) is 0 Å². The molecule has 0 radical (unpaired) electrons. The SMILES string of the molecule is O=C(COc1ccc(Cl)cc1Br)N/N=C/c1ccc(F)cc1. The molecule has 0 spiro atoms. The molecule has 1 amide bonds. The Hall–Kier alpha value is -1.92. The summed E-state index contributed by atoms with van der Waals surface area (Å²) in [6, 6.07) is 10.7. The van der Waals surface area contributed by atoms with Crippen LogP contribution in [0.2, 0.25) is 5.02 Å². The summed E-state index contributed by atoms with van der Waals surface area (Å²) in [5, 5.41) is 4.32. The van der Waals surface area contributed by atoms with Gasteiger partial charge in [-0.05, 0) is 51.8 Å². The van der Waals surface area contributed by atoms with Crippen molar-refractivity contribution < 1.29 is 13.9 Å². The van der Waals surface area contributed by atoms with E-state index in [1.165, 1.54) is 18.3 Å². The molecular weight excluding hydrogens is 375 g/mol. The van der Waals surface area contributed by atoms with Gasteiger partial charge in [-0.1, -0.05) is 23.7 Å². The van der Waals surface area contributed by atoms with E-state index in [-0.39, 0.29) is 12.4 Å². The summed E-state index contributed by atoms with van der Waals surface area (Å²) in [5.41, 5.74) is 2.99. The van der Waals surface area contributed by atoms with Gasteiger partial charge in [0.15, 0.2) is 6.61 Å². The van der Waals surface area contributed by atoms with E-state index >= 15 is 0 Å². The fourth-order valence-corrected chi connectivity index (χ4v) is 2.29. The van der Waals surface area contributed by atoms with Crippen LogP contribution in [-0.2, 0) is 4.79 Å². The van der Waals surface area contributed by atoms with E-state index in [1.807, 2.05) is 0 Å². The van der Waals surface area contributed by atoms with Crippen LogP contribution in [0.1, 0.15) is 5.56 Å². The molecule has 0 aliphatic carbocycles. The maximum Gasteiger partial charge on any atom is 0.277 e. The molecule has 0 fully saturated rings. The third kappa shape index (κ3) is 5.13. The first kappa shape index (κ1) is 16.5. The number of nitrogens with one attached hydrogen (secondary N) is 1. The fraction of sp³-hybridized carbons (Fsp3) is 0.0667. The molecule has 114 valence electrons. The fourth-order valence-electron chi connectivity index (χ4n) is 1.50. The van der Waals surface area contributed by atoms with Crippen molar-refractivity contribution in [3.05, 3.63) is 63.3 Å². The van der Waals surface area contributed by atoms with Gasteiger partial charge in [-0.2, -0.15) is 5.10 Å². The third-order valence-electron chi connectivity index (χ3n) is 2.53. The van der Waals surface area contributed by atoms with E-state index in [9.17, 15) is 9.18 Å². The molecule has 4 nitrogen and oxygen atoms in total. The molecule has 1 N–H and O–H groups in total. The van der Waals surface area contributed by atoms with Crippen LogP contribution in [-0.4, -0.2) is 18.7 Å². The Morgan fingerprint density at radius 1 is 1.32 bits per heavy atom. The number of ether oxygens (including phenoxy) is 1. The molecule has 2 rings (SSSR count). The maximum absolute atomic E-state index is 12.7. The highest BCUT2D eigenvalue weighted by Crippen LogP contribution is 2.27. The molecule has 0 aliphatic heterocycles. The molecule has 0 bridgehead atoms. The molecular formula is C15H11BrClFN2O2. The Bertz CT molecular complexity index is 692. The van der Waals surface area contributed by atoms with E-state index in [2.05, 4.69) is 26.5 Å². The van der Waals surface area contributed by atoms with Gasteiger partial charge in [0.2, 0.25) is 0 Å². The lowest BCUT2D eigenvalue weighted by molar-refractivity contribution is -0.123. The van der Waals surface area contributed by atoms with Crippen LogP contribution in [0.15, 0.2) is 52.0 Å². The normalized spacial score (nSPS) is 10.7. The van der Waals surface area contributed by atoms with E-state index in [4.69, 9.17) is 16.3 Å². The van der Waals surface area contributed by atoms with E-state index in [0.29, 0.717) is 20.8 Å². The minimum Gasteiger partial charge on any atom is -0.483 e. The Labute approximate surface area is 140 Å². The average Bonchev–Trinajstić information content (AvgIpc) is 2.48. The van der Waals surface area contributed by atoms with Gasteiger partial charge in [-0.25, -0.2) is 9.82 Å². The van der Waals surface area contributed by atoms with Crippen molar-refractivity contribution in [3.8, 4) is 5.75 Å². The summed E-state index contributed by atoms with van der Waals surface area (Å²) in [5.74, 6) is -0.245. The lowest BCUT2D eigenvalue weighted by Crippen LogP contribution is -2.24. The summed E-state index contributed by atoms with van der Waals surface area (Å²) in [6.45, 7) is -0.193. The lowest BCUT2D eigenvalue weighted by Gasteiger charge is -2.07. The number of amides is 1. The van der Waals surface area contributed by atoms with Gasteiger partial charge < -0.3 is 4.74 Å². The highest BCUT2D eigenvalue weighted by molar-refractivity contribution is 9.10. The predicted molar refractivity (Wildman–Crippen MR) is 86.8 cm³/mol. The first-order chi connectivity index (χ1) is 10.5. The van der Waals surface area contributed by atoms with Crippen LogP contribution in [0.5, 0.6) is 5.75 Å². The zero-order valence-corrected chi connectivity index (χ0v) is 13.6. The molecule has 0 unspecified atom stereocenters. The summed E-state index contributed by atoms with van der Waals surface area (Å²) >= 11 is 9.09. The van der Waals surface area contributed by atoms with Crippen LogP contribution < -0.4 is 10.2 Å². The molecule has 0 aliphatic rings. The molecule has 0 atom stereocenters. The monoisotopic (exact) mass is 384 g/mol. The van der Waals surface area contributed by atoms with Crippen LogP contribution in [0.3, 0.4) is 0 Å². The number of hydrogen-bond donors (Lipinski definition) is 1. The first-order valence-electron chi connectivity index (χ1n) is 6.20. The second kappa shape index (κ2) is 7.91. The highest BCUT2D eigenvalue weighted by atomic mass is 79.9. The largest absolute Gasteiger partial charge is 0.483 e. The average molecular weight is 386 g/mol. The molecule has 0 heterocycles. The van der Waals surface area contributed by atoms with Crippen LogP contribution in [0.25, 0.3) is 0 Å². The zero-order valence-electron chi connectivity index (χ0n) is 11.2. The number of benzene rings is 2. The number of carbonyl (C=O) groups is 1. The minimum atomic E-state index is -0.416. The molecule has 7 heteroatoms. The number of hydrogen-bond acceptors (Lipinski definition) is 3. The third-order valence-corrected chi connectivity index (χ3v) is 3.38. The zero-order chi connectivity index (χ0) is 15.9. The molecule has 0 aromatic heterocycles. The molecule has 2 aromatic rings. The van der Waals surface area contributed by atoms with Gasteiger partial charge in [-0.3, -0.25) is 4.79 Å². The van der Waals surface area contributed by atoms with Crippen LogP contribution >= 0.6 is 27.5 Å². The van der Waals surface area contributed by atoms with Crippen molar-refractivity contribution in [2.75, 3.05) is 6.61 Å². The van der Waals surface area contributed by atoms with E-state index in [1.54, 1.807) is 30.3 Å². The first-order valence-corrected chi connectivity index (χ1v) is 7.37. The smallest absolute Gasteiger partial charge is 0.277 e. The molecule has 0 saturated heterocycles. The predicted octanol–water partition coefficient (Wildman–Crippen LogP) is 3.77. The Kier molecular flexibility index (Phi) is 5.91. The van der Waals surface area contributed by atoms with Crippen molar-refractivity contribution in [2.24, 2.45) is 5.10 Å². The van der Waals surface area contributed by atoms with Crippen molar-refractivity contribution in [1.82, 2.24) is 5.43 Å². The summed E-state index contributed by atoms with van der Waals surface area (Å²) in [6.07, 6.45) is 1.41. The summed E-state index contributed by atoms with van der Waals surface area (Å²) in [4.78, 5) is 11.6. The Morgan fingerprint density at radius 3 is 2.73 bits per heavy atom. The maximum atomic E-state index is 12.7. The second-order valence-electron chi connectivity index (χ2n) is 4.21. The number of carbonyl (C=O) groups excluding carboxylic acids is 1. The van der Waals surface area contributed by atoms with Gasteiger partial charge in [0.1, 0.15) is 11.6 Å². The Balaban J connectivity index is 1.81. The van der Waals surface area contributed by atoms with Gasteiger partial charge in [0.25, 0.3) is 5.91 Å². The number of halogens is 3. The van der Waals surface area contributed by atoms with Gasteiger partial charge >= 0.3 is 0 Å². The Morgan fingerprint density at radius 2 is 2.05 bits per heavy atom. The minimum absolute atomic E-state index is 0.193. The standard InChI is InChI=1S/C15H11BrClFN2O2/c16-13-7-11(17)3-6-14(13)22-9-15(21)20-19-8-10-1-4-12(18)5-2-10/h1-8H,9H2,(H,20,21)/b19-8+. The van der Waals surface area contributed by atoms with E-state index in [0.717, 1.165) is 0 Å². The number of hydrazone groups is 1. The second-order valence-corrected chi connectivity index (χ2v) is 5.50. The topological polar surface area (TPSA) is 50.7 Å².